The van der Waals surface area contributed by atoms with Gasteiger partial charge >= 0.3 is 24.1 Å². The molecule has 19 nitrogen and oxygen atoms in total. The van der Waals surface area contributed by atoms with Gasteiger partial charge in [-0.05, 0) is 105 Å². The quantitative estimate of drug-likeness (QED) is 0.0177. The van der Waals surface area contributed by atoms with Gasteiger partial charge < -0.3 is 41.6 Å². The molecule has 0 atom stereocenters. The summed E-state index contributed by atoms with van der Waals surface area (Å²) in [6.45, 7) is 3.62. The molecule has 1 heterocycles. The third-order valence-electron chi connectivity index (χ3n) is 10.0. The smallest absolute Gasteiger partial charge is 0.416 e. The summed E-state index contributed by atoms with van der Waals surface area (Å²) in [4.78, 5) is 87.1. The van der Waals surface area contributed by atoms with E-state index in [1.807, 2.05) is 5.32 Å². The first kappa shape index (κ1) is 71.4. The summed E-state index contributed by atoms with van der Waals surface area (Å²) in [5.41, 5.74) is 3.23. The fraction of sp³-hybridized carbons (Fsp3) is 0.269. The number of benzene rings is 5. The molecule has 1 fully saturated rings. The van der Waals surface area contributed by atoms with Gasteiger partial charge in [0, 0.05) is 43.4 Å². The number of nitrogens with two attached hydrogens (primary N) is 1. The molecule has 0 aliphatic carbocycles. The molecule has 0 spiro atoms. The van der Waals surface area contributed by atoms with Crippen molar-refractivity contribution < 1.29 is 110 Å². The maximum Gasteiger partial charge on any atom is 0.416 e. The second kappa shape index (κ2) is 34.7. The topological polar surface area (TPSA) is 287 Å². The first-order valence-corrected chi connectivity index (χ1v) is 25.7. The number of hydrogen-bond donors (Lipinski definition) is 6. The molecule has 1 aliphatic heterocycles. The second-order valence-electron chi connectivity index (χ2n) is 16.5. The van der Waals surface area contributed by atoms with E-state index in [9.17, 15) is 95.1 Å². The average molecular weight is 1240 g/mol. The molecule has 0 saturated carbocycles. The number of alkyl halides is 3. The van der Waals surface area contributed by atoms with E-state index < -0.39 is 145 Å². The first-order valence-electron chi connectivity index (χ1n) is 23.9. The number of piperidine rings is 1. The average Bonchev–Trinajstić information content (AvgIpc) is 3.53. The Morgan fingerprint density at radius 1 is 0.583 bits per heavy atom. The van der Waals surface area contributed by atoms with Crippen LogP contribution in [0.25, 0.3) is 0 Å². The van der Waals surface area contributed by atoms with Crippen molar-refractivity contribution in [3.8, 4) is 0 Å². The van der Waals surface area contributed by atoms with Gasteiger partial charge in [0.05, 0.1) is 46.4 Å². The van der Waals surface area contributed by atoms with Crippen LogP contribution in [0.2, 0.25) is 0 Å². The number of nitrogen functional groups attached to an aromatic ring is 1. The lowest BCUT2D eigenvalue weighted by molar-refractivity contribution is -0.146. The molecule has 1 aliphatic rings. The number of esters is 2. The van der Waals surface area contributed by atoms with Crippen molar-refractivity contribution in [2.75, 3.05) is 48.0 Å². The number of carbonyl (C=O) groups is 8. The summed E-state index contributed by atoms with van der Waals surface area (Å²) in [5.74, 6) is -12.2. The summed E-state index contributed by atoms with van der Waals surface area (Å²) < 4.78 is 176. The van der Waals surface area contributed by atoms with Crippen LogP contribution in [-0.4, -0.2) is 97.0 Å². The van der Waals surface area contributed by atoms with E-state index in [4.69, 9.17) is 22.4 Å². The van der Waals surface area contributed by atoms with Crippen LogP contribution in [0.1, 0.15) is 57.9 Å². The molecule has 0 radical (unpaired) electrons. The Kier molecular flexibility index (Phi) is 29.5. The Morgan fingerprint density at radius 3 is 1.37 bits per heavy atom. The third kappa shape index (κ3) is 26.9. The third-order valence-corrected chi connectivity index (χ3v) is 12.1. The number of amides is 4. The van der Waals surface area contributed by atoms with Crippen molar-refractivity contribution in [2.45, 2.75) is 69.5 Å². The lowest BCUT2D eigenvalue weighted by Crippen LogP contribution is -2.47. The van der Waals surface area contributed by atoms with E-state index in [-0.39, 0.29) is 68.3 Å². The van der Waals surface area contributed by atoms with Crippen molar-refractivity contribution in [1.29, 1.82) is 0 Å². The van der Waals surface area contributed by atoms with Crippen LogP contribution in [0.4, 0.5) is 71.0 Å². The minimum Gasteiger partial charge on any atom is -0.481 e. The monoisotopic (exact) mass is 1240 g/mol. The number of nitrogens with zero attached hydrogens (tertiary/aromatic N) is 1. The van der Waals surface area contributed by atoms with Crippen LogP contribution >= 0.6 is 11.6 Å². The minimum absolute atomic E-state index is 0.0311. The molecule has 0 aromatic heterocycles. The number of halogens is 12. The van der Waals surface area contributed by atoms with E-state index in [0.717, 1.165) is 71.0 Å². The maximum absolute atomic E-state index is 13.6. The van der Waals surface area contributed by atoms with Gasteiger partial charge in [-0.25, -0.2) is 43.5 Å². The highest BCUT2D eigenvalue weighted by Gasteiger charge is 2.34. The SMILES string of the molecule is CCOC(=O)CC(=O)Cl.CCOC(=O)CC(=O)Nc1ccc(F)cc1F.Nc1ccc(F)cc1F.O=C(CC(=O)NC1CCN(S(=O)(=O)c2cccc(C(F)(F)F)c2)CC1)Nc1ccc(F)cc1F.O=C(O)CC(=O)Nc1ccc(F)cc1F. The molecular formula is C52H50ClF11N6O13S. The van der Waals surface area contributed by atoms with E-state index in [1.165, 1.54) is 6.07 Å². The Bertz CT molecular complexity index is 3250. The number of hydrogen-bond acceptors (Lipinski definition) is 13. The van der Waals surface area contributed by atoms with E-state index in [0.29, 0.717) is 24.3 Å². The van der Waals surface area contributed by atoms with Gasteiger partial charge in [0.25, 0.3) is 0 Å². The predicted molar refractivity (Wildman–Crippen MR) is 277 cm³/mol. The van der Waals surface area contributed by atoms with E-state index in [1.54, 1.807) is 13.8 Å². The summed E-state index contributed by atoms with van der Waals surface area (Å²) in [6, 6.07) is 13.9. The highest BCUT2D eigenvalue weighted by Crippen LogP contribution is 2.32. The van der Waals surface area contributed by atoms with Crippen molar-refractivity contribution in [3.63, 3.8) is 0 Å². The van der Waals surface area contributed by atoms with Crippen LogP contribution in [0, 0.1) is 46.5 Å². The summed E-state index contributed by atoms with van der Waals surface area (Å²) in [5, 5.41) is 16.5. The molecule has 4 amide bonds. The number of carboxylic acid groups (broad SMARTS) is 1. The largest absolute Gasteiger partial charge is 0.481 e. The molecule has 5 aromatic rings. The highest BCUT2D eigenvalue weighted by molar-refractivity contribution is 7.89. The fourth-order valence-electron chi connectivity index (χ4n) is 6.31. The predicted octanol–water partition coefficient (Wildman–Crippen LogP) is 8.77. The normalized spacial score (nSPS) is 12.0. The number of carbonyl (C=O) groups excluding carboxylic acids is 7. The van der Waals surface area contributed by atoms with Gasteiger partial charge in [-0.15, -0.1) is 0 Å². The summed E-state index contributed by atoms with van der Waals surface area (Å²) in [6.07, 6.45) is -6.58. The van der Waals surface area contributed by atoms with Gasteiger partial charge in [0.2, 0.25) is 38.9 Å². The highest BCUT2D eigenvalue weighted by atomic mass is 35.5. The van der Waals surface area contributed by atoms with Gasteiger partial charge in [0.1, 0.15) is 72.2 Å². The zero-order valence-corrected chi connectivity index (χ0v) is 45.3. The molecule has 84 heavy (non-hydrogen) atoms. The van der Waals surface area contributed by atoms with Gasteiger partial charge in [-0.3, -0.25) is 38.4 Å². The number of nitrogens with one attached hydrogen (secondary N) is 4. The molecule has 32 heteroatoms. The molecule has 6 rings (SSSR count). The lowest BCUT2D eigenvalue weighted by atomic mass is 10.1. The van der Waals surface area contributed by atoms with Crippen LogP contribution < -0.4 is 27.0 Å². The molecule has 1 saturated heterocycles. The van der Waals surface area contributed by atoms with Crippen molar-refractivity contribution in [1.82, 2.24) is 9.62 Å². The fourth-order valence-corrected chi connectivity index (χ4v) is 7.94. The molecule has 5 aromatic carbocycles. The molecule has 7 N–H and O–H groups in total. The molecular weight excluding hydrogens is 1190 g/mol. The zero-order chi connectivity index (χ0) is 63.5. The van der Waals surface area contributed by atoms with Crippen molar-refractivity contribution in [2.24, 2.45) is 0 Å². The van der Waals surface area contributed by atoms with Crippen LogP contribution in [-0.2, 0) is 64.0 Å². The first-order chi connectivity index (χ1) is 39.2. The van der Waals surface area contributed by atoms with E-state index in [2.05, 4.69) is 25.4 Å². The lowest BCUT2D eigenvalue weighted by Gasteiger charge is -2.31. The van der Waals surface area contributed by atoms with E-state index >= 15 is 0 Å². The van der Waals surface area contributed by atoms with Crippen molar-refractivity contribution in [3.05, 3.63) is 149 Å². The van der Waals surface area contributed by atoms with Crippen LogP contribution in [0.5, 0.6) is 0 Å². The van der Waals surface area contributed by atoms with Gasteiger partial charge in [-0.2, -0.15) is 17.5 Å². The molecule has 0 unspecified atom stereocenters. The summed E-state index contributed by atoms with van der Waals surface area (Å²) in [7, 11) is -4.16. The number of sulfonamides is 1. The number of rotatable bonds is 16. The minimum atomic E-state index is -4.68. The number of carboxylic acids is 1. The molecule has 0 bridgehead atoms. The van der Waals surface area contributed by atoms with Crippen LogP contribution in [0.15, 0.2) is 102 Å². The van der Waals surface area contributed by atoms with Gasteiger partial charge in [0.15, 0.2) is 0 Å². The Balaban J connectivity index is 0.000000402. The number of ether oxygens (including phenoxy) is 2. The van der Waals surface area contributed by atoms with Crippen molar-refractivity contribution >= 4 is 91.2 Å². The van der Waals surface area contributed by atoms with Gasteiger partial charge in [-0.1, -0.05) is 6.07 Å². The van der Waals surface area contributed by atoms with Crippen LogP contribution in [0.3, 0.4) is 0 Å². The zero-order valence-electron chi connectivity index (χ0n) is 43.7. The number of anilines is 4. The molecule has 456 valence electrons. The Morgan fingerprint density at radius 2 is 0.988 bits per heavy atom. The second-order valence-corrected chi connectivity index (χ2v) is 18.9. The Labute approximate surface area is 475 Å². The standard InChI is InChI=1S/C21H20F5N3O4S.C11H11F2NO3.C9H7F2NO3.C6H5F2N.C5H7ClO3/c22-14-4-5-18(17(23)11-14)28-20(31)12-19(30)27-15-6-8-29(9-7-15)34(32,33)16-3-1-2-13(10-16)21(24,25)26;1-2-17-11(16)6-10(15)14-9-4-3-7(12)5-8(9)13;10-5-1-2-7(6(11)3-5)12-8(13)4-9(14)15;7-4-1-2-6(9)5(8)3-4;1-2-9-5(8)3-4(6)7/h1-5,10-11,15H,6-9,12H2,(H,27,30)(H,28,31);3-5H,2,6H2,1H3,(H,14,15);1-3H,4H2,(H,12,13)(H,14,15);1-3H,9H2;2-3H2,1H3. The Hall–Kier alpha value is -8.71. The number of aliphatic carboxylic acids is 1. The summed E-state index contributed by atoms with van der Waals surface area (Å²) >= 11 is 4.87. The maximum atomic E-state index is 13.6.